The minimum Gasteiger partial charge on any atom is -0.492 e. The molecule has 126 valence electrons. The average Bonchev–Trinajstić information content (AvgIpc) is 2.82. The Kier molecular flexibility index (Phi) is 3.90. The van der Waals surface area contributed by atoms with Gasteiger partial charge in [-0.15, -0.1) is 0 Å². The third-order valence-electron chi connectivity index (χ3n) is 4.50. The SMILES string of the molecule is CC(C)(C)c1cc(C(=O)Nc2ccccc2)cc2c1OCC2(C)C. The minimum atomic E-state index is -0.0897. The van der Waals surface area contributed by atoms with Crippen molar-refractivity contribution in [1.29, 1.82) is 0 Å². The number of ether oxygens (including phenoxy) is 1. The molecule has 0 fully saturated rings. The molecule has 0 saturated carbocycles. The number of fused-ring (bicyclic) bond motifs is 1. The zero-order valence-corrected chi connectivity index (χ0v) is 15.1. The average molecular weight is 323 g/mol. The van der Waals surface area contributed by atoms with Crippen LogP contribution in [-0.2, 0) is 10.8 Å². The monoisotopic (exact) mass is 323 g/mol. The summed E-state index contributed by atoms with van der Waals surface area (Å²) in [6, 6.07) is 13.5. The van der Waals surface area contributed by atoms with Crippen LogP contribution in [0.15, 0.2) is 42.5 Å². The van der Waals surface area contributed by atoms with E-state index in [-0.39, 0.29) is 16.7 Å². The zero-order chi connectivity index (χ0) is 17.5. The molecule has 1 N–H and O–H groups in total. The molecule has 0 radical (unpaired) electrons. The summed E-state index contributed by atoms with van der Waals surface area (Å²) in [6.45, 7) is 11.4. The molecule has 0 spiro atoms. The van der Waals surface area contributed by atoms with Crippen molar-refractivity contribution >= 4 is 11.6 Å². The molecule has 0 bridgehead atoms. The fraction of sp³-hybridized carbons (Fsp3) is 0.381. The molecule has 2 aromatic carbocycles. The minimum absolute atomic E-state index is 0.0850. The first kappa shape index (κ1) is 16.6. The van der Waals surface area contributed by atoms with Crippen LogP contribution >= 0.6 is 0 Å². The molecule has 0 aliphatic carbocycles. The molecule has 3 rings (SSSR count). The summed E-state index contributed by atoms with van der Waals surface area (Å²) in [4.78, 5) is 12.8. The molecule has 0 atom stereocenters. The highest BCUT2D eigenvalue weighted by Crippen LogP contribution is 2.45. The van der Waals surface area contributed by atoms with E-state index >= 15 is 0 Å². The predicted octanol–water partition coefficient (Wildman–Crippen LogP) is 4.91. The largest absolute Gasteiger partial charge is 0.492 e. The van der Waals surface area contributed by atoms with Gasteiger partial charge in [0, 0.05) is 27.8 Å². The van der Waals surface area contributed by atoms with Crippen molar-refractivity contribution in [2.45, 2.75) is 45.4 Å². The van der Waals surface area contributed by atoms with Gasteiger partial charge in [-0.3, -0.25) is 4.79 Å². The summed E-state index contributed by atoms with van der Waals surface area (Å²) in [5.74, 6) is 0.862. The Hall–Kier alpha value is -2.29. The van der Waals surface area contributed by atoms with Gasteiger partial charge in [0.05, 0.1) is 6.61 Å². The Morgan fingerprint density at radius 2 is 1.79 bits per heavy atom. The lowest BCUT2D eigenvalue weighted by atomic mass is 9.79. The number of hydrogen-bond donors (Lipinski definition) is 1. The first-order valence-corrected chi connectivity index (χ1v) is 8.37. The van der Waals surface area contributed by atoms with Crippen LogP contribution in [0.4, 0.5) is 5.69 Å². The highest BCUT2D eigenvalue weighted by molar-refractivity contribution is 6.04. The number of amides is 1. The molecule has 1 aliphatic rings. The van der Waals surface area contributed by atoms with Crippen LogP contribution in [0.25, 0.3) is 0 Å². The smallest absolute Gasteiger partial charge is 0.255 e. The Morgan fingerprint density at radius 1 is 1.12 bits per heavy atom. The topological polar surface area (TPSA) is 38.3 Å². The molecular formula is C21H25NO2. The van der Waals surface area contributed by atoms with Crippen LogP contribution in [0.5, 0.6) is 5.75 Å². The molecule has 0 aromatic heterocycles. The van der Waals surface area contributed by atoms with Crippen molar-refractivity contribution in [2.24, 2.45) is 0 Å². The van der Waals surface area contributed by atoms with Crippen molar-refractivity contribution in [1.82, 2.24) is 0 Å². The lowest BCUT2D eigenvalue weighted by Crippen LogP contribution is -2.20. The molecule has 3 heteroatoms. The van der Waals surface area contributed by atoms with Crippen LogP contribution in [0.3, 0.4) is 0 Å². The van der Waals surface area contributed by atoms with Gasteiger partial charge in [0.25, 0.3) is 5.91 Å². The summed E-state index contributed by atoms with van der Waals surface area (Å²) >= 11 is 0. The van der Waals surface area contributed by atoms with E-state index in [1.54, 1.807) is 0 Å². The summed E-state index contributed by atoms with van der Waals surface area (Å²) in [5, 5.41) is 2.98. The second-order valence-corrected chi connectivity index (χ2v) is 8.14. The van der Waals surface area contributed by atoms with E-state index in [0.29, 0.717) is 12.2 Å². The number of anilines is 1. The van der Waals surface area contributed by atoms with E-state index < -0.39 is 0 Å². The van der Waals surface area contributed by atoms with Gasteiger partial charge in [0.2, 0.25) is 0 Å². The lowest BCUT2D eigenvalue weighted by Gasteiger charge is -2.24. The summed E-state index contributed by atoms with van der Waals surface area (Å²) < 4.78 is 5.99. The number of rotatable bonds is 2. The van der Waals surface area contributed by atoms with Gasteiger partial charge in [-0.05, 0) is 29.7 Å². The lowest BCUT2D eigenvalue weighted by molar-refractivity contribution is 0.102. The van der Waals surface area contributed by atoms with Gasteiger partial charge in [0.1, 0.15) is 5.75 Å². The van der Waals surface area contributed by atoms with Gasteiger partial charge >= 0.3 is 0 Å². The summed E-state index contributed by atoms with van der Waals surface area (Å²) in [7, 11) is 0. The summed E-state index contributed by atoms with van der Waals surface area (Å²) in [5.41, 5.74) is 3.51. The summed E-state index contributed by atoms with van der Waals surface area (Å²) in [6.07, 6.45) is 0. The third kappa shape index (κ3) is 3.03. The van der Waals surface area contributed by atoms with Crippen LogP contribution in [0, 0.1) is 0 Å². The van der Waals surface area contributed by atoms with E-state index in [1.807, 2.05) is 42.5 Å². The van der Waals surface area contributed by atoms with Crippen LogP contribution in [-0.4, -0.2) is 12.5 Å². The highest BCUT2D eigenvalue weighted by Gasteiger charge is 2.36. The second kappa shape index (κ2) is 5.66. The molecule has 24 heavy (non-hydrogen) atoms. The number of carbonyl (C=O) groups excluding carboxylic acids is 1. The van der Waals surface area contributed by atoms with Crippen LogP contribution in [0.1, 0.15) is 56.1 Å². The van der Waals surface area contributed by atoms with Crippen molar-refractivity contribution in [3.05, 3.63) is 59.2 Å². The van der Waals surface area contributed by atoms with E-state index in [4.69, 9.17) is 4.74 Å². The van der Waals surface area contributed by atoms with Gasteiger partial charge in [-0.2, -0.15) is 0 Å². The predicted molar refractivity (Wildman–Crippen MR) is 98.1 cm³/mol. The molecule has 0 saturated heterocycles. The Bertz CT molecular complexity index is 770. The van der Waals surface area contributed by atoms with E-state index in [9.17, 15) is 4.79 Å². The number of hydrogen-bond acceptors (Lipinski definition) is 2. The standard InChI is InChI=1S/C21H25NO2/c1-20(2,3)16-11-14(12-17-18(16)24-13-21(17,4)5)19(23)22-15-9-7-6-8-10-15/h6-12H,13H2,1-5H3,(H,22,23). The number of benzene rings is 2. The van der Waals surface area contributed by atoms with Crippen molar-refractivity contribution in [2.75, 3.05) is 11.9 Å². The van der Waals surface area contributed by atoms with Crippen molar-refractivity contribution in [3.8, 4) is 5.75 Å². The first-order valence-electron chi connectivity index (χ1n) is 8.37. The molecular weight excluding hydrogens is 298 g/mol. The van der Waals surface area contributed by atoms with Gasteiger partial charge in [-0.1, -0.05) is 52.8 Å². The van der Waals surface area contributed by atoms with E-state index in [0.717, 1.165) is 22.6 Å². The Labute approximate surface area is 144 Å². The number of para-hydroxylation sites is 1. The normalized spacial score (nSPS) is 15.5. The molecule has 3 nitrogen and oxygen atoms in total. The maximum atomic E-state index is 12.8. The van der Waals surface area contributed by atoms with Gasteiger partial charge in [0.15, 0.2) is 0 Å². The number of carbonyl (C=O) groups is 1. The fourth-order valence-electron chi connectivity index (χ4n) is 3.03. The van der Waals surface area contributed by atoms with E-state index in [2.05, 4.69) is 39.9 Å². The molecule has 1 heterocycles. The number of nitrogens with one attached hydrogen (secondary N) is 1. The quantitative estimate of drug-likeness (QED) is 0.853. The van der Waals surface area contributed by atoms with Crippen molar-refractivity contribution < 1.29 is 9.53 Å². The van der Waals surface area contributed by atoms with Gasteiger partial charge in [-0.25, -0.2) is 0 Å². The fourth-order valence-corrected chi connectivity index (χ4v) is 3.03. The van der Waals surface area contributed by atoms with Gasteiger partial charge < -0.3 is 10.1 Å². The Balaban J connectivity index is 2.05. The highest BCUT2D eigenvalue weighted by atomic mass is 16.5. The molecule has 1 amide bonds. The van der Waals surface area contributed by atoms with Crippen LogP contribution < -0.4 is 10.1 Å². The maximum absolute atomic E-state index is 12.8. The molecule has 2 aromatic rings. The zero-order valence-electron chi connectivity index (χ0n) is 15.1. The molecule has 1 aliphatic heterocycles. The molecule has 0 unspecified atom stereocenters. The maximum Gasteiger partial charge on any atom is 0.255 e. The first-order chi connectivity index (χ1) is 11.2. The Morgan fingerprint density at radius 3 is 2.42 bits per heavy atom. The van der Waals surface area contributed by atoms with E-state index in [1.165, 1.54) is 0 Å². The van der Waals surface area contributed by atoms with Crippen molar-refractivity contribution in [3.63, 3.8) is 0 Å². The van der Waals surface area contributed by atoms with Crippen LogP contribution in [0.2, 0.25) is 0 Å². The third-order valence-corrected chi connectivity index (χ3v) is 4.50. The second-order valence-electron chi connectivity index (χ2n) is 8.14.